The number of carbonyl (C=O) groups is 2. The highest BCUT2D eigenvalue weighted by atomic mass is 32.2. The first kappa shape index (κ1) is 21.5. The standard InChI is InChI=1S/C20H37N3O2S/c1-4-5-6-7-8-9-18(24)23-12-10-20(11-13-23)22-17(15-26-20)19(25)21-14-16(2)3/h16-17,22H,4-15H2,1-3H3,(H,21,25). The van der Waals surface area contributed by atoms with Crippen LogP contribution in [0.25, 0.3) is 0 Å². The molecular weight excluding hydrogens is 346 g/mol. The molecule has 0 aromatic heterocycles. The SMILES string of the molecule is CCCCCCCC(=O)N1CCC2(CC1)NC(C(=O)NCC(C)C)CS2. The molecule has 26 heavy (non-hydrogen) atoms. The van der Waals surface area contributed by atoms with E-state index in [2.05, 4.69) is 31.4 Å². The lowest BCUT2D eigenvalue weighted by Gasteiger charge is -2.39. The average Bonchev–Trinajstić information content (AvgIpc) is 3.03. The zero-order valence-corrected chi connectivity index (χ0v) is 17.6. The number of likely N-dealkylation sites (tertiary alicyclic amines) is 1. The van der Waals surface area contributed by atoms with Crippen molar-refractivity contribution in [3.8, 4) is 0 Å². The normalized spacial score (nSPS) is 22.2. The van der Waals surface area contributed by atoms with E-state index >= 15 is 0 Å². The summed E-state index contributed by atoms with van der Waals surface area (Å²) in [5.74, 6) is 1.73. The number of thioether (sulfide) groups is 1. The van der Waals surface area contributed by atoms with Gasteiger partial charge >= 0.3 is 0 Å². The van der Waals surface area contributed by atoms with Crippen LogP contribution in [0.15, 0.2) is 0 Å². The fourth-order valence-corrected chi connectivity index (χ4v) is 5.07. The lowest BCUT2D eigenvalue weighted by molar-refractivity contribution is -0.132. The van der Waals surface area contributed by atoms with Gasteiger partial charge in [0.05, 0.1) is 10.9 Å². The first-order valence-electron chi connectivity index (χ1n) is 10.4. The van der Waals surface area contributed by atoms with Crippen molar-refractivity contribution < 1.29 is 9.59 Å². The van der Waals surface area contributed by atoms with Crippen LogP contribution in [0.4, 0.5) is 0 Å². The van der Waals surface area contributed by atoms with Gasteiger partial charge in [0, 0.05) is 31.8 Å². The summed E-state index contributed by atoms with van der Waals surface area (Å²) < 4.78 is 0. The second-order valence-electron chi connectivity index (χ2n) is 8.19. The Kier molecular flexibility index (Phi) is 8.74. The molecule has 0 aromatic rings. The summed E-state index contributed by atoms with van der Waals surface area (Å²) in [4.78, 5) is 26.7. The first-order valence-corrected chi connectivity index (χ1v) is 11.4. The predicted molar refractivity (Wildman–Crippen MR) is 109 cm³/mol. The molecular formula is C20H37N3O2S. The Balaban J connectivity index is 1.69. The average molecular weight is 384 g/mol. The number of unbranched alkanes of at least 4 members (excludes halogenated alkanes) is 4. The molecule has 0 aromatic carbocycles. The molecule has 2 aliphatic heterocycles. The summed E-state index contributed by atoms with van der Waals surface area (Å²) in [6.45, 7) is 8.78. The van der Waals surface area contributed by atoms with Crippen LogP contribution in [-0.4, -0.2) is 53.0 Å². The minimum Gasteiger partial charge on any atom is -0.354 e. The van der Waals surface area contributed by atoms with Crippen LogP contribution in [0.2, 0.25) is 0 Å². The van der Waals surface area contributed by atoms with Gasteiger partial charge in [0.15, 0.2) is 0 Å². The molecule has 2 rings (SSSR count). The molecule has 1 spiro atoms. The van der Waals surface area contributed by atoms with Crippen molar-refractivity contribution in [2.24, 2.45) is 5.92 Å². The van der Waals surface area contributed by atoms with Gasteiger partial charge in [-0.1, -0.05) is 46.5 Å². The Morgan fingerprint density at radius 2 is 1.88 bits per heavy atom. The van der Waals surface area contributed by atoms with Gasteiger partial charge < -0.3 is 10.2 Å². The van der Waals surface area contributed by atoms with Crippen molar-refractivity contribution in [2.45, 2.75) is 83.1 Å². The number of amides is 2. The van der Waals surface area contributed by atoms with Gasteiger partial charge in [-0.05, 0) is 25.2 Å². The van der Waals surface area contributed by atoms with Crippen molar-refractivity contribution in [1.82, 2.24) is 15.5 Å². The second-order valence-corrected chi connectivity index (χ2v) is 9.59. The molecule has 2 saturated heterocycles. The number of hydrogen-bond donors (Lipinski definition) is 2. The zero-order chi connectivity index (χ0) is 19.0. The van der Waals surface area contributed by atoms with E-state index in [0.29, 0.717) is 18.2 Å². The van der Waals surface area contributed by atoms with Crippen LogP contribution >= 0.6 is 11.8 Å². The molecule has 2 aliphatic rings. The van der Waals surface area contributed by atoms with Gasteiger partial charge in [0.1, 0.15) is 0 Å². The third kappa shape index (κ3) is 6.45. The van der Waals surface area contributed by atoms with Gasteiger partial charge in [0.25, 0.3) is 0 Å². The van der Waals surface area contributed by atoms with E-state index in [9.17, 15) is 9.59 Å². The quantitative estimate of drug-likeness (QED) is 0.601. The lowest BCUT2D eigenvalue weighted by atomic mass is 10.0. The molecule has 0 aliphatic carbocycles. The Labute approximate surface area is 163 Å². The van der Waals surface area contributed by atoms with Gasteiger partial charge in [0.2, 0.25) is 11.8 Å². The number of hydrogen-bond acceptors (Lipinski definition) is 4. The third-order valence-electron chi connectivity index (χ3n) is 5.38. The van der Waals surface area contributed by atoms with Crippen molar-refractivity contribution >= 4 is 23.6 Å². The lowest BCUT2D eigenvalue weighted by Crippen LogP contribution is -2.54. The number of rotatable bonds is 9. The van der Waals surface area contributed by atoms with Crippen molar-refractivity contribution in [3.05, 3.63) is 0 Å². The molecule has 2 fully saturated rings. The smallest absolute Gasteiger partial charge is 0.238 e. The summed E-state index contributed by atoms with van der Waals surface area (Å²) in [6, 6.07) is -0.0976. The number of piperidine rings is 1. The minimum absolute atomic E-state index is 0.0161. The number of nitrogens with one attached hydrogen (secondary N) is 2. The molecule has 0 bridgehead atoms. The maximum Gasteiger partial charge on any atom is 0.238 e. The van der Waals surface area contributed by atoms with Crippen LogP contribution in [0.1, 0.15) is 72.1 Å². The van der Waals surface area contributed by atoms with E-state index in [0.717, 1.165) is 44.6 Å². The van der Waals surface area contributed by atoms with Gasteiger partial charge in [-0.2, -0.15) is 0 Å². The summed E-state index contributed by atoms with van der Waals surface area (Å²) >= 11 is 1.87. The topological polar surface area (TPSA) is 61.4 Å². The van der Waals surface area contributed by atoms with E-state index in [1.807, 2.05) is 16.7 Å². The number of nitrogens with zero attached hydrogens (tertiary/aromatic N) is 1. The highest BCUT2D eigenvalue weighted by Gasteiger charge is 2.44. The van der Waals surface area contributed by atoms with Crippen LogP contribution in [0.5, 0.6) is 0 Å². The van der Waals surface area contributed by atoms with E-state index in [1.165, 1.54) is 25.7 Å². The molecule has 2 N–H and O–H groups in total. The van der Waals surface area contributed by atoms with Crippen LogP contribution < -0.4 is 10.6 Å². The third-order valence-corrected chi connectivity index (χ3v) is 6.96. The summed E-state index contributed by atoms with van der Waals surface area (Å²) in [7, 11) is 0. The molecule has 1 unspecified atom stereocenters. The molecule has 6 heteroatoms. The van der Waals surface area contributed by atoms with Crippen LogP contribution in [0.3, 0.4) is 0 Å². The number of carbonyl (C=O) groups excluding carboxylic acids is 2. The largest absolute Gasteiger partial charge is 0.354 e. The maximum atomic E-state index is 12.4. The van der Waals surface area contributed by atoms with Gasteiger partial charge in [-0.25, -0.2) is 0 Å². The fourth-order valence-electron chi connectivity index (χ4n) is 3.66. The Morgan fingerprint density at radius 1 is 1.19 bits per heavy atom. The first-order chi connectivity index (χ1) is 12.5. The van der Waals surface area contributed by atoms with E-state index in [-0.39, 0.29) is 16.8 Å². The van der Waals surface area contributed by atoms with Crippen molar-refractivity contribution in [1.29, 1.82) is 0 Å². The fraction of sp³-hybridized carbons (Fsp3) is 0.900. The molecule has 1 atom stereocenters. The second kappa shape index (κ2) is 10.5. The highest BCUT2D eigenvalue weighted by molar-refractivity contribution is 8.01. The van der Waals surface area contributed by atoms with E-state index < -0.39 is 0 Å². The predicted octanol–water partition coefficient (Wildman–Crippen LogP) is 3.14. The summed E-state index contributed by atoms with van der Waals surface area (Å²) in [5.41, 5.74) is 0. The highest BCUT2D eigenvalue weighted by Crippen LogP contribution is 2.39. The maximum absolute atomic E-state index is 12.4. The molecule has 150 valence electrons. The molecule has 0 radical (unpaired) electrons. The molecule has 2 heterocycles. The van der Waals surface area contributed by atoms with Crippen LogP contribution in [0, 0.1) is 5.92 Å². The van der Waals surface area contributed by atoms with Gasteiger partial charge in [-0.15, -0.1) is 11.8 Å². The van der Waals surface area contributed by atoms with Crippen molar-refractivity contribution in [3.63, 3.8) is 0 Å². The van der Waals surface area contributed by atoms with Crippen molar-refractivity contribution in [2.75, 3.05) is 25.4 Å². The molecule has 2 amide bonds. The zero-order valence-electron chi connectivity index (χ0n) is 16.8. The monoisotopic (exact) mass is 383 g/mol. The summed E-state index contributed by atoms with van der Waals surface area (Å²) in [6.07, 6.45) is 8.51. The molecule has 5 nitrogen and oxygen atoms in total. The Hall–Kier alpha value is -0.750. The Bertz CT molecular complexity index is 462. The minimum atomic E-state index is -0.0976. The van der Waals surface area contributed by atoms with E-state index in [4.69, 9.17) is 0 Å². The van der Waals surface area contributed by atoms with Crippen LogP contribution in [-0.2, 0) is 9.59 Å². The van der Waals surface area contributed by atoms with Gasteiger partial charge in [-0.3, -0.25) is 14.9 Å². The molecule has 0 saturated carbocycles. The van der Waals surface area contributed by atoms with E-state index in [1.54, 1.807) is 0 Å². The summed E-state index contributed by atoms with van der Waals surface area (Å²) in [5, 5.41) is 6.60. The Morgan fingerprint density at radius 3 is 2.54 bits per heavy atom.